The number of nitrogens with zero attached hydrogens (tertiary/aromatic N) is 1. The van der Waals surface area contributed by atoms with E-state index < -0.39 is 9.84 Å². The molecule has 4 nitrogen and oxygen atoms in total. The van der Waals surface area contributed by atoms with Crippen molar-refractivity contribution in [3.63, 3.8) is 0 Å². The molecule has 0 aliphatic carbocycles. The third-order valence-electron chi connectivity index (χ3n) is 3.77. The maximum atomic E-state index is 11.4. The Hall–Kier alpha value is -1.07. The van der Waals surface area contributed by atoms with Gasteiger partial charge in [0.05, 0.1) is 4.90 Å². The van der Waals surface area contributed by atoms with Crippen LogP contribution in [0.4, 0.5) is 5.69 Å². The summed E-state index contributed by atoms with van der Waals surface area (Å²) < 4.78 is 22.9. The minimum Gasteiger partial charge on any atom is -0.372 e. The number of hydrogen-bond donors (Lipinski definition) is 1. The van der Waals surface area contributed by atoms with Crippen LogP contribution in [0, 0.1) is 0 Å². The van der Waals surface area contributed by atoms with Crippen LogP contribution >= 0.6 is 0 Å². The molecule has 0 aromatic heterocycles. The average molecular weight is 282 g/mol. The maximum absolute atomic E-state index is 11.4. The lowest BCUT2D eigenvalue weighted by atomic mass is 10.1. The molecule has 0 bridgehead atoms. The van der Waals surface area contributed by atoms with E-state index in [0.717, 1.165) is 25.2 Å². The Balaban J connectivity index is 2.12. The highest BCUT2D eigenvalue weighted by molar-refractivity contribution is 7.90. The highest BCUT2D eigenvalue weighted by atomic mass is 32.2. The lowest BCUT2D eigenvalue weighted by molar-refractivity contribution is 0.566. The van der Waals surface area contributed by atoms with Crippen molar-refractivity contribution < 1.29 is 8.42 Å². The molecule has 0 saturated carbocycles. The first kappa shape index (κ1) is 14.3. The van der Waals surface area contributed by atoms with Gasteiger partial charge in [0.2, 0.25) is 0 Å². The Kier molecular flexibility index (Phi) is 4.47. The Labute approximate surface area is 115 Å². The van der Waals surface area contributed by atoms with Crippen molar-refractivity contribution in [3.05, 3.63) is 24.3 Å². The summed E-state index contributed by atoms with van der Waals surface area (Å²) in [7, 11) is -1.02. The predicted octanol–water partition coefficient (Wildman–Crippen LogP) is 1.67. The van der Waals surface area contributed by atoms with Crippen LogP contribution in [0.5, 0.6) is 0 Å². The second-order valence-corrected chi connectivity index (χ2v) is 7.23. The smallest absolute Gasteiger partial charge is 0.175 e. The molecule has 1 aliphatic heterocycles. The Bertz CT molecular complexity index is 503. The molecule has 2 rings (SSSR count). The molecule has 1 fully saturated rings. The van der Waals surface area contributed by atoms with Crippen LogP contribution in [0.1, 0.15) is 19.3 Å². The quantitative estimate of drug-likeness (QED) is 0.916. The van der Waals surface area contributed by atoms with Gasteiger partial charge in [-0.15, -0.1) is 0 Å². The van der Waals surface area contributed by atoms with Crippen molar-refractivity contribution >= 4 is 15.5 Å². The number of benzene rings is 1. The molecule has 0 radical (unpaired) electrons. The van der Waals surface area contributed by atoms with E-state index in [9.17, 15) is 8.42 Å². The van der Waals surface area contributed by atoms with Gasteiger partial charge in [-0.25, -0.2) is 8.42 Å². The van der Waals surface area contributed by atoms with E-state index >= 15 is 0 Å². The van der Waals surface area contributed by atoms with Crippen LogP contribution in [0.3, 0.4) is 0 Å². The zero-order chi connectivity index (χ0) is 13.9. The molecule has 0 amide bonds. The zero-order valence-electron chi connectivity index (χ0n) is 11.6. The Morgan fingerprint density at radius 2 is 1.84 bits per heavy atom. The molecule has 1 aromatic rings. The molecule has 1 N–H and O–H groups in total. The van der Waals surface area contributed by atoms with Gasteiger partial charge in [0.25, 0.3) is 0 Å². The van der Waals surface area contributed by atoms with E-state index in [-0.39, 0.29) is 0 Å². The first-order chi connectivity index (χ1) is 8.98. The van der Waals surface area contributed by atoms with Crippen molar-refractivity contribution in [2.24, 2.45) is 0 Å². The topological polar surface area (TPSA) is 49.4 Å². The lowest BCUT2D eigenvalue weighted by Crippen LogP contribution is -2.32. The summed E-state index contributed by atoms with van der Waals surface area (Å²) >= 11 is 0. The lowest BCUT2D eigenvalue weighted by Gasteiger charge is -2.29. The van der Waals surface area contributed by atoms with Crippen molar-refractivity contribution in [3.8, 4) is 0 Å². The molecule has 106 valence electrons. The molecule has 1 heterocycles. The predicted molar refractivity (Wildman–Crippen MR) is 78.5 cm³/mol. The normalized spacial score (nSPS) is 20.8. The van der Waals surface area contributed by atoms with Crippen molar-refractivity contribution in [2.75, 3.05) is 31.3 Å². The van der Waals surface area contributed by atoms with Crippen molar-refractivity contribution in [2.45, 2.75) is 30.2 Å². The summed E-state index contributed by atoms with van der Waals surface area (Å²) in [6, 6.07) is 7.70. The van der Waals surface area contributed by atoms with E-state index in [4.69, 9.17) is 0 Å². The van der Waals surface area contributed by atoms with Crippen LogP contribution < -0.4 is 10.2 Å². The van der Waals surface area contributed by atoms with Gasteiger partial charge in [0.15, 0.2) is 9.84 Å². The Morgan fingerprint density at radius 3 is 2.47 bits per heavy atom. The standard InChI is InChI=1S/C14H22N2O2S/c1-16(12-4-3-10-15-11-9-12)13-5-7-14(8-6-13)19(2,17)18/h5-8,12,15H,3-4,9-11H2,1-2H3. The molecular formula is C14H22N2O2S. The van der Waals surface area contributed by atoms with Crippen LogP contribution in [0.15, 0.2) is 29.2 Å². The van der Waals surface area contributed by atoms with Crippen LogP contribution in [-0.4, -0.2) is 40.9 Å². The summed E-state index contributed by atoms with van der Waals surface area (Å²) in [5.41, 5.74) is 1.08. The SMILES string of the molecule is CN(c1ccc(S(C)(=O)=O)cc1)C1CCCNCC1. The zero-order valence-corrected chi connectivity index (χ0v) is 12.4. The Morgan fingerprint density at radius 1 is 1.16 bits per heavy atom. The number of sulfone groups is 1. The van der Waals surface area contributed by atoms with Gasteiger partial charge in [-0.05, 0) is 56.6 Å². The first-order valence-electron chi connectivity index (χ1n) is 6.72. The minimum atomic E-state index is -3.10. The van der Waals surface area contributed by atoms with Crippen LogP contribution in [0.2, 0.25) is 0 Å². The van der Waals surface area contributed by atoms with Gasteiger partial charge in [-0.3, -0.25) is 0 Å². The summed E-state index contributed by atoms with van der Waals surface area (Å²) in [5.74, 6) is 0. The highest BCUT2D eigenvalue weighted by Gasteiger charge is 2.17. The fourth-order valence-corrected chi connectivity index (χ4v) is 3.16. The van der Waals surface area contributed by atoms with Crippen LogP contribution in [-0.2, 0) is 9.84 Å². The monoisotopic (exact) mass is 282 g/mol. The maximum Gasteiger partial charge on any atom is 0.175 e. The third-order valence-corrected chi connectivity index (χ3v) is 4.89. The van der Waals surface area contributed by atoms with Gasteiger partial charge >= 0.3 is 0 Å². The van der Waals surface area contributed by atoms with E-state index in [2.05, 4.69) is 17.3 Å². The number of rotatable bonds is 3. The van der Waals surface area contributed by atoms with Crippen molar-refractivity contribution in [1.29, 1.82) is 0 Å². The van der Waals surface area contributed by atoms with Gasteiger partial charge < -0.3 is 10.2 Å². The van der Waals surface area contributed by atoms with E-state index in [0.29, 0.717) is 10.9 Å². The van der Waals surface area contributed by atoms with Gasteiger partial charge in [0, 0.05) is 25.0 Å². The number of hydrogen-bond acceptors (Lipinski definition) is 4. The molecule has 19 heavy (non-hydrogen) atoms. The molecule has 1 aliphatic rings. The molecule has 1 aromatic carbocycles. The molecule has 1 unspecified atom stereocenters. The number of anilines is 1. The first-order valence-corrected chi connectivity index (χ1v) is 8.61. The van der Waals surface area contributed by atoms with E-state index in [1.165, 1.54) is 19.1 Å². The fraction of sp³-hybridized carbons (Fsp3) is 0.571. The fourth-order valence-electron chi connectivity index (χ4n) is 2.53. The summed E-state index contributed by atoms with van der Waals surface area (Å²) in [4.78, 5) is 2.64. The second-order valence-electron chi connectivity index (χ2n) is 5.21. The second kappa shape index (κ2) is 5.92. The van der Waals surface area contributed by atoms with E-state index in [1.54, 1.807) is 12.1 Å². The molecule has 0 spiro atoms. The highest BCUT2D eigenvalue weighted by Crippen LogP contribution is 2.22. The summed E-state index contributed by atoms with van der Waals surface area (Å²) in [5, 5.41) is 3.41. The summed E-state index contributed by atoms with van der Waals surface area (Å²) in [6.45, 7) is 2.15. The summed E-state index contributed by atoms with van der Waals surface area (Å²) in [6.07, 6.45) is 4.74. The van der Waals surface area contributed by atoms with Crippen LogP contribution in [0.25, 0.3) is 0 Å². The van der Waals surface area contributed by atoms with Gasteiger partial charge in [0.1, 0.15) is 0 Å². The molecule has 1 atom stereocenters. The molecule has 5 heteroatoms. The van der Waals surface area contributed by atoms with E-state index in [1.807, 2.05) is 12.1 Å². The number of nitrogens with one attached hydrogen (secondary N) is 1. The van der Waals surface area contributed by atoms with Gasteiger partial charge in [-0.2, -0.15) is 0 Å². The largest absolute Gasteiger partial charge is 0.372 e. The third kappa shape index (κ3) is 3.70. The average Bonchev–Trinajstić information content (AvgIpc) is 2.66. The minimum absolute atomic E-state index is 0.382. The molecular weight excluding hydrogens is 260 g/mol. The van der Waals surface area contributed by atoms with Crippen molar-refractivity contribution in [1.82, 2.24) is 5.32 Å². The van der Waals surface area contributed by atoms with Gasteiger partial charge in [-0.1, -0.05) is 0 Å². The molecule has 1 saturated heterocycles.